The second-order valence-electron chi connectivity index (χ2n) is 4.13. The molecule has 0 amide bonds. The molecule has 2 heterocycles. The molecule has 88 valence electrons. The van der Waals surface area contributed by atoms with Gasteiger partial charge < -0.3 is 5.11 Å². The van der Waals surface area contributed by atoms with E-state index >= 15 is 0 Å². The average molecular weight is 252 g/mol. The lowest BCUT2D eigenvalue weighted by atomic mass is 9.97. The van der Waals surface area contributed by atoms with Crippen LogP contribution in [-0.4, -0.2) is 25.7 Å². The highest BCUT2D eigenvalue weighted by molar-refractivity contribution is 6.30. The minimum absolute atomic E-state index is 0.0975. The van der Waals surface area contributed by atoms with Crippen molar-refractivity contribution in [3.8, 4) is 0 Å². The average Bonchev–Trinajstić information content (AvgIpc) is 2.73. The number of aromatic nitrogens is 3. The zero-order valence-electron chi connectivity index (χ0n) is 8.98. The van der Waals surface area contributed by atoms with Crippen LogP contribution in [0.2, 0.25) is 5.15 Å². The third-order valence-electron chi connectivity index (χ3n) is 3.09. The molecule has 0 fully saturated rings. The van der Waals surface area contributed by atoms with E-state index in [1.54, 1.807) is 0 Å². The van der Waals surface area contributed by atoms with Crippen LogP contribution in [0.15, 0.2) is 6.20 Å². The van der Waals surface area contributed by atoms with Gasteiger partial charge in [-0.05, 0) is 25.7 Å². The molecule has 2 aromatic heterocycles. The second-order valence-corrected chi connectivity index (χ2v) is 4.49. The molecule has 0 spiro atoms. The predicted octanol–water partition coefficient (Wildman–Crippen LogP) is 1.96. The van der Waals surface area contributed by atoms with Crippen LogP contribution in [0.1, 0.15) is 34.5 Å². The van der Waals surface area contributed by atoms with E-state index in [4.69, 9.17) is 16.7 Å². The number of fused-ring (bicyclic) bond motifs is 2. The van der Waals surface area contributed by atoms with Crippen molar-refractivity contribution < 1.29 is 9.90 Å². The molecule has 0 aliphatic heterocycles. The van der Waals surface area contributed by atoms with E-state index in [1.165, 1.54) is 10.7 Å². The maximum Gasteiger partial charge on any atom is 0.341 e. The monoisotopic (exact) mass is 251 g/mol. The Morgan fingerprint density at radius 3 is 2.94 bits per heavy atom. The first-order valence-corrected chi connectivity index (χ1v) is 5.84. The van der Waals surface area contributed by atoms with Gasteiger partial charge in [-0.15, -0.1) is 0 Å². The number of carboxylic acids is 1. The van der Waals surface area contributed by atoms with Gasteiger partial charge in [-0.25, -0.2) is 14.3 Å². The Kier molecular flexibility index (Phi) is 2.29. The molecule has 0 saturated heterocycles. The van der Waals surface area contributed by atoms with Crippen LogP contribution in [0.3, 0.4) is 0 Å². The molecule has 0 radical (unpaired) electrons. The zero-order valence-corrected chi connectivity index (χ0v) is 9.74. The molecular weight excluding hydrogens is 242 g/mol. The van der Waals surface area contributed by atoms with Gasteiger partial charge >= 0.3 is 5.97 Å². The Morgan fingerprint density at radius 1 is 1.41 bits per heavy atom. The van der Waals surface area contributed by atoms with E-state index in [0.29, 0.717) is 10.8 Å². The Balaban J connectivity index is 2.34. The van der Waals surface area contributed by atoms with Gasteiger partial charge in [0.1, 0.15) is 10.7 Å². The van der Waals surface area contributed by atoms with E-state index in [9.17, 15) is 4.79 Å². The number of hydrogen-bond acceptors (Lipinski definition) is 3. The second kappa shape index (κ2) is 3.70. The third kappa shape index (κ3) is 1.50. The van der Waals surface area contributed by atoms with Crippen LogP contribution in [0, 0.1) is 0 Å². The SMILES string of the molecule is O=C(O)c1cnn2c(Cl)c3c(nc12)CCCC3. The summed E-state index contributed by atoms with van der Waals surface area (Å²) in [5.74, 6) is -1.03. The lowest BCUT2D eigenvalue weighted by Gasteiger charge is -2.16. The van der Waals surface area contributed by atoms with Crippen LogP contribution in [0.25, 0.3) is 5.65 Å². The Labute approximate surface area is 102 Å². The van der Waals surface area contributed by atoms with Crippen LogP contribution in [-0.2, 0) is 12.8 Å². The largest absolute Gasteiger partial charge is 0.477 e. The normalized spacial score (nSPS) is 14.9. The summed E-state index contributed by atoms with van der Waals surface area (Å²) in [5, 5.41) is 13.5. The zero-order chi connectivity index (χ0) is 12.0. The first-order valence-electron chi connectivity index (χ1n) is 5.47. The van der Waals surface area contributed by atoms with Crippen LogP contribution in [0.5, 0.6) is 0 Å². The van der Waals surface area contributed by atoms with E-state index in [0.717, 1.165) is 36.9 Å². The van der Waals surface area contributed by atoms with Gasteiger partial charge in [-0.3, -0.25) is 0 Å². The van der Waals surface area contributed by atoms with E-state index in [2.05, 4.69) is 10.1 Å². The number of nitrogens with zero attached hydrogens (tertiary/aromatic N) is 3. The van der Waals surface area contributed by atoms with Crippen molar-refractivity contribution in [2.24, 2.45) is 0 Å². The van der Waals surface area contributed by atoms with Crippen molar-refractivity contribution in [2.45, 2.75) is 25.7 Å². The first-order chi connectivity index (χ1) is 8.18. The number of carboxylic acid groups (broad SMARTS) is 1. The Bertz CT molecular complexity index is 621. The lowest BCUT2D eigenvalue weighted by molar-refractivity contribution is 0.0699. The quantitative estimate of drug-likeness (QED) is 0.787. The summed E-state index contributed by atoms with van der Waals surface area (Å²) in [5.41, 5.74) is 2.35. The van der Waals surface area contributed by atoms with E-state index < -0.39 is 5.97 Å². The topological polar surface area (TPSA) is 67.5 Å². The molecule has 3 rings (SSSR count). The first kappa shape index (κ1) is 10.5. The molecule has 17 heavy (non-hydrogen) atoms. The minimum Gasteiger partial charge on any atom is -0.477 e. The Hall–Kier alpha value is -1.62. The predicted molar refractivity (Wildman–Crippen MR) is 61.6 cm³/mol. The molecule has 1 N–H and O–H groups in total. The Morgan fingerprint density at radius 2 is 2.18 bits per heavy atom. The number of hydrogen-bond donors (Lipinski definition) is 1. The molecule has 2 aromatic rings. The summed E-state index contributed by atoms with van der Waals surface area (Å²) in [6, 6.07) is 0. The van der Waals surface area contributed by atoms with Crippen LogP contribution in [0.4, 0.5) is 0 Å². The molecule has 6 heteroatoms. The highest BCUT2D eigenvalue weighted by atomic mass is 35.5. The van der Waals surface area contributed by atoms with Gasteiger partial charge in [-0.2, -0.15) is 5.10 Å². The number of rotatable bonds is 1. The van der Waals surface area contributed by atoms with Crippen molar-refractivity contribution in [1.29, 1.82) is 0 Å². The van der Waals surface area contributed by atoms with E-state index in [-0.39, 0.29) is 5.56 Å². The molecule has 0 bridgehead atoms. The standard InChI is InChI=1S/C11H10ClN3O2/c12-9-6-3-1-2-4-8(6)14-10-7(11(16)17)5-13-15(9)10/h5H,1-4H2,(H,16,17). The van der Waals surface area contributed by atoms with Crippen molar-refractivity contribution in [1.82, 2.24) is 14.6 Å². The minimum atomic E-state index is -1.03. The van der Waals surface area contributed by atoms with Crippen molar-refractivity contribution in [2.75, 3.05) is 0 Å². The van der Waals surface area contributed by atoms with Crippen LogP contribution >= 0.6 is 11.6 Å². The summed E-state index contributed by atoms with van der Waals surface area (Å²) in [4.78, 5) is 15.4. The third-order valence-corrected chi connectivity index (χ3v) is 3.48. The fourth-order valence-electron chi connectivity index (χ4n) is 2.23. The molecule has 5 nitrogen and oxygen atoms in total. The van der Waals surface area contributed by atoms with Crippen molar-refractivity contribution in [3.63, 3.8) is 0 Å². The van der Waals surface area contributed by atoms with Gasteiger partial charge in [0.25, 0.3) is 0 Å². The fraction of sp³-hybridized carbons (Fsp3) is 0.364. The number of halogens is 1. The van der Waals surface area contributed by atoms with Gasteiger partial charge in [0.2, 0.25) is 0 Å². The highest BCUT2D eigenvalue weighted by Crippen LogP contribution is 2.28. The molecule has 1 aliphatic carbocycles. The van der Waals surface area contributed by atoms with Crippen LogP contribution < -0.4 is 0 Å². The molecule has 0 atom stereocenters. The number of aromatic carboxylic acids is 1. The number of carbonyl (C=O) groups is 1. The summed E-state index contributed by atoms with van der Waals surface area (Å²) in [7, 11) is 0. The molecule has 1 aliphatic rings. The smallest absolute Gasteiger partial charge is 0.341 e. The maximum atomic E-state index is 11.0. The fourth-order valence-corrected chi connectivity index (χ4v) is 2.56. The summed E-state index contributed by atoms with van der Waals surface area (Å²) in [6.45, 7) is 0. The van der Waals surface area contributed by atoms with Gasteiger partial charge in [0.15, 0.2) is 5.65 Å². The number of aryl methyl sites for hydroxylation is 1. The van der Waals surface area contributed by atoms with Gasteiger partial charge in [0.05, 0.1) is 6.20 Å². The molecule has 0 unspecified atom stereocenters. The summed E-state index contributed by atoms with van der Waals surface area (Å²) in [6.07, 6.45) is 5.20. The van der Waals surface area contributed by atoms with E-state index in [1.807, 2.05) is 0 Å². The highest BCUT2D eigenvalue weighted by Gasteiger charge is 2.21. The lowest BCUT2D eigenvalue weighted by Crippen LogP contribution is -2.10. The molecular formula is C11H10ClN3O2. The maximum absolute atomic E-state index is 11.0. The summed E-state index contributed by atoms with van der Waals surface area (Å²) >= 11 is 6.25. The van der Waals surface area contributed by atoms with Crippen molar-refractivity contribution >= 4 is 23.2 Å². The summed E-state index contributed by atoms with van der Waals surface area (Å²) < 4.78 is 1.41. The molecule has 0 aromatic carbocycles. The van der Waals surface area contributed by atoms with Gasteiger partial charge in [0, 0.05) is 11.3 Å². The van der Waals surface area contributed by atoms with Gasteiger partial charge in [-0.1, -0.05) is 11.6 Å². The van der Waals surface area contributed by atoms with Crippen molar-refractivity contribution in [3.05, 3.63) is 28.2 Å². The molecule has 0 saturated carbocycles.